The van der Waals surface area contributed by atoms with E-state index in [1.54, 1.807) is 0 Å². The fraction of sp³-hybridized carbons (Fsp3) is 0.562. The highest BCUT2D eigenvalue weighted by atomic mass is 16.6. The van der Waals surface area contributed by atoms with Gasteiger partial charge in [0.15, 0.2) is 0 Å². The SMILES string of the molecule is CCCCCCCCC(C[N+](=O)[O-])=Nc1ccccc1. The van der Waals surface area contributed by atoms with Crippen molar-refractivity contribution in [2.24, 2.45) is 4.99 Å². The van der Waals surface area contributed by atoms with E-state index < -0.39 is 0 Å². The summed E-state index contributed by atoms with van der Waals surface area (Å²) < 4.78 is 0. The Labute approximate surface area is 121 Å². The van der Waals surface area contributed by atoms with Gasteiger partial charge in [0.2, 0.25) is 6.54 Å². The molecule has 0 atom stereocenters. The average Bonchev–Trinajstić information content (AvgIpc) is 2.43. The summed E-state index contributed by atoms with van der Waals surface area (Å²) in [6.07, 6.45) is 7.83. The number of para-hydroxylation sites is 1. The molecule has 4 heteroatoms. The average molecular weight is 276 g/mol. The van der Waals surface area contributed by atoms with E-state index in [1.807, 2.05) is 30.3 Å². The molecule has 4 nitrogen and oxygen atoms in total. The molecule has 0 radical (unpaired) electrons. The third-order valence-electron chi connectivity index (χ3n) is 3.17. The van der Waals surface area contributed by atoms with Gasteiger partial charge in [-0.2, -0.15) is 0 Å². The predicted molar refractivity (Wildman–Crippen MR) is 83.4 cm³/mol. The molecule has 110 valence electrons. The first kappa shape index (κ1) is 16.3. The quantitative estimate of drug-likeness (QED) is 0.267. The van der Waals surface area contributed by atoms with E-state index in [-0.39, 0.29) is 11.5 Å². The van der Waals surface area contributed by atoms with E-state index >= 15 is 0 Å². The molecule has 1 aromatic carbocycles. The van der Waals surface area contributed by atoms with E-state index in [1.165, 1.54) is 25.7 Å². The van der Waals surface area contributed by atoms with Crippen LogP contribution in [0.3, 0.4) is 0 Å². The number of nitro groups is 1. The first-order valence-corrected chi connectivity index (χ1v) is 7.45. The molecule has 20 heavy (non-hydrogen) atoms. The van der Waals surface area contributed by atoms with Gasteiger partial charge in [-0.05, 0) is 25.0 Å². The van der Waals surface area contributed by atoms with Crippen LogP contribution in [0, 0.1) is 10.1 Å². The second kappa shape index (κ2) is 10.1. The van der Waals surface area contributed by atoms with Crippen LogP contribution in [0.4, 0.5) is 5.69 Å². The molecule has 0 amide bonds. The zero-order valence-corrected chi connectivity index (χ0v) is 12.3. The molecular formula is C16H24N2O2. The number of unbranched alkanes of at least 4 members (excludes halogenated alkanes) is 5. The Balaban J connectivity index is 2.44. The Morgan fingerprint density at radius 1 is 1.10 bits per heavy atom. The van der Waals surface area contributed by atoms with Crippen molar-refractivity contribution in [1.29, 1.82) is 0 Å². The largest absolute Gasteiger partial charge is 0.264 e. The Bertz CT molecular complexity index is 416. The normalized spacial score (nSPS) is 11.6. The van der Waals surface area contributed by atoms with Crippen LogP contribution in [-0.2, 0) is 0 Å². The van der Waals surface area contributed by atoms with Gasteiger partial charge in [-0.15, -0.1) is 0 Å². The van der Waals surface area contributed by atoms with Crippen LogP contribution in [0.2, 0.25) is 0 Å². The van der Waals surface area contributed by atoms with Gasteiger partial charge in [0.05, 0.1) is 11.4 Å². The van der Waals surface area contributed by atoms with Crippen molar-refractivity contribution in [3.63, 3.8) is 0 Å². The minimum atomic E-state index is -0.293. The fourth-order valence-corrected chi connectivity index (χ4v) is 2.11. The number of nitrogens with zero attached hydrogens (tertiary/aromatic N) is 2. The third-order valence-corrected chi connectivity index (χ3v) is 3.17. The summed E-state index contributed by atoms with van der Waals surface area (Å²) in [7, 11) is 0. The maximum atomic E-state index is 10.7. The monoisotopic (exact) mass is 276 g/mol. The number of benzene rings is 1. The lowest BCUT2D eigenvalue weighted by Gasteiger charge is -2.03. The summed E-state index contributed by atoms with van der Waals surface area (Å²) >= 11 is 0. The van der Waals surface area contributed by atoms with Crippen LogP contribution in [0.15, 0.2) is 35.3 Å². The van der Waals surface area contributed by atoms with Gasteiger partial charge in [-0.1, -0.05) is 57.2 Å². The Kier molecular flexibility index (Phi) is 8.27. The molecule has 0 saturated heterocycles. The van der Waals surface area contributed by atoms with Crippen molar-refractivity contribution in [3.05, 3.63) is 40.4 Å². The topological polar surface area (TPSA) is 55.5 Å². The van der Waals surface area contributed by atoms with Crippen LogP contribution in [0.5, 0.6) is 0 Å². The Morgan fingerprint density at radius 3 is 2.40 bits per heavy atom. The maximum absolute atomic E-state index is 10.7. The van der Waals surface area contributed by atoms with E-state index in [2.05, 4.69) is 11.9 Å². The van der Waals surface area contributed by atoms with Gasteiger partial charge in [0.1, 0.15) is 0 Å². The van der Waals surface area contributed by atoms with Gasteiger partial charge in [-0.25, -0.2) is 0 Å². The minimum Gasteiger partial charge on any atom is -0.264 e. The minimum absolute atomic E-state index is 0.149. The molecule has 0 heterocycles. The molecule has 0 N–H and O–H groups in total. The van der Waals surface area contributed by atoms with Crippen molar-refractivity contribution in [2.75, 3.05) is 6.54 Å². The summed E-state index contributed by atoms with van der Waals surface area (Å²) in [6, 6.07) is 9.46. The molecule has 1 aromatic rings. The maximum Gasteiger partial charge on any atom is 0.241 e. The summed E-state index contributed by atoms with van der Waals surface area (Å²) in [5.74, 6) is 0. The lowest BCUT2D eigenvalue weighted by molar-refractivity contribution is -0.463. The summed E-state index contributed by atoms with van der Waals surface area (Å²) in [4.78, 5) is 14.8. The second-order valence-electron chi connectivity index (χ2n) is 5.02. The molecule has 1 rings (SSSR count). The number of hydrogen-bond donors (Lipinski definition) is 0. The summed E-state index contributed by atoms with van der Waals surface area (Å²) in [5.41, 5.74) is 1.48. The van der Waals surface area contributed by atoms with Crippen LogP contribution in [0.1, 0.15) is 51.9 Å². The lowest BCUT2D eigenvalue weighted by atomic mass is 10.1. The Hall–Kier alpha value is -1.71. The van der Waals surface area contributed by atoms with E-state index in [9.17, 15) is 10.1 Å². The molecule has 0 bridgehead atoms. The molecule has 0 spiro atoms. The Morgan fingerprint density at radius 2 is 1.75 bits per heavy atom. The summed E-state index contributed by atoms with van der Waals surface area (Å²) in [6.45, 7) is 2.05. The first-order chi connectivity index (χ1) is 9.72. The molecular weight excluding hydrogens is 252 g/mol. The van der Waals surface area contributed by atoms with Crippen molar-refractivity contribution in [1.82, 2.24) is 0 Å². The van der Waals surface area contributed by atoms with Crippen molar-refractivity contribution >= 4 is 11.4 Å². The smallest absolute Gasteiger partial charge is 0.241 e. The molecule has 0 unspecified atom stereocenters. The third kappa shape index (κ3) is 7.67. The highest BCUT2D eigenvalue weighted by Gasteiger charge is 2.07. The molecule has 0 aromatic heterocycles. The van der Waals surface area contributed by atoms with Gasteiger partial charge in [0, 0.05) is 4.92 Å². The molecule has 0 aliphatic carbocycles. The summed E-state index contributed by atoms with van der Waals surface area (Å²) in [5, 5.41) is 10.7. The zero-order valence-electron chi connectivity index (χ0n) is 12.3. The van der Waals surface area contributed by atoms with Crippen molar-refractivity contribution in [2.45, 2.75) is 51.9 Å². The lowest BCUT2D eigenvalue weighted by Crippen LogP contribution is -2.13. The van der Waals surface area contributed by atoms with Crippen LogP contribution < -0.4 is 0 Å². The molecule has 0 fully saturated rings. The molecule has 0 saturated carbocycles. The van der Waals surface area contributed by atoms with E-state index in [0.29, 0.717) is 5.71 Å². The first-order valence-electron chi connectivity index (χ1n) is 7.45. The van der Waals surface area contributed by atoms with Gasteiger partial charge < -0.3 is 0 Å². The standard InChI is InChI=1S/C16H24N2O2/c1-2-3-4-5-6-8-13-16(14-18(19)20)17-15-11-9-7-10-12-15/h7,9-12H,2-6,8,13-14H2,1H3. The number of rotatable bonds is 10. The van der Waals surface area contributed by atoms with Crippen molar-refractivity contribution < 1.29 is 4.92 Å². The highest BCUT2D eigenvalue weighted by Crippen LogP contribution is 2.13. The molecule has 0 aliphatic heterocycles. The number of hydrogen-bond acceptors (Lipinski definition) is 3. The van der Waals surface area contributed by atoms with Crippen molar-refractivity contribution in [3.8, 4) is 0 Å². The zero-order chi connectivity index (χ0) is 14.6. The van der Waals surface area contributed by atoms with Crippen LogP contribution in [0.25, 0.3) is 0 Å². The predicted octanol–water partition coefficient (Wildman–Crippen LogP) is 4.79. The van der Waals surface area contributed by atoms with Gasteiger partial charge >= 0.3 is 0 Å². The van der Waals surface area contributed by atoms with Gasteiger partial charge in [-0.3, -0.25) is 15.1 Å². The highest BCUT2D eigenvalue weighted by molar-refractivity contribution is 5.87. The molecule has 0 aliphatic rings. The second-order valence-corrected chi connectivity index (χ2v) is 5.02. The van der Waals surface area contributed by atoms with E-state index in [4.69, 9.17) is 0 Å². The number of aliphatic imine (C=N–C) groups is 1. The van der Waals surface area contributed by atoms with Gasteiger partial charge in [0.25, 0.3) is 0 Å². The van der Waals surface area contributed by atoms with Crippen LogP contribution >= 0.6 is 0 Å². The van der Waals surface area contributed by atoms with Crippen LogP contribution in [-0.4, -0.2) is 17.2 Å². The van der Waals surface area contributed by atoms with E-state index in [0.717, 1.165) is 24.9 Å². The fourth-order valence-electron chi connectivity index (χ4n) is 2.11.